The highest BCUT2D eigenvalue weighted by atomic mass is 16.6. The number of non-ortho nitro benzene ring substituents is 1. The second-order valence-corrected chi connectivity index (χ2v) is 3.75. The van der Waals surface area contributed by atoms with Crippen LogP contribution >= 0.6 is 0 Å². The Balaban J connectivity index is 1.99. The lowest BCUT2D eigenvalue weighted by Crippen LogP contribution is -1.88. The molecule has 5 heteroatoms. The highest BCUT2D eigenvalue weighted by Crippen LogP contribution is 2.10. The lowest BCUT2D eigenvalue weighted by molar-refractivity contribution is -0.384. The number of rotatable bonds is 4. The molecule has 5 nitrogen and oxygen atoms in total. The first-order valence-electron chi connectivity index (χ1n) is 5.61. The third kappa shape index (κ3) is 3.85. The van der Waals surface area contributed by atoms with Crippen LogP contribution < -0.4 is 0 Å². The minimum atomic E-state index is -0.436. The first-order chi connectivity index (χ1) is 9.25. The van der Waals surface area contributed by atoms with Crippen molar-refractivity contribution in [2.75, 3.05) is 0 Å². The van der Waals surface area contributed by atoms with E-state index in [4.69, 9.17) is 0 Å². The Labute approximate surface area is 110 Å². The van der Waals surface area contributed by atoms with Crippen molar-refractivity contribution in [3.63, 3.8) is 0 Å². The Morgan fingerprint density at radius 1 is 0.842 bits per heavy atom. The molecule has 0 aromatic heterocycles. The molecule has 0 saturated heterocycles. The number of hydrogen-bond acceptors (Lipinski definition) is 4. The predicted molar refractivity (Wildman–Crippen MR) is 74.7 cm³/mol. The molecule has 2 aromatic rings. The molecule has 2 aromatic carbocycles. The molecule has 0 fully saturated rings. The number of nitro benzene ring substituents is 1. The molecule has 0 bridgehead atoms. The second kappa shape index (κ2) is 6.20. The van der Waals surface area contributed by atoms with Crippen LogP contribution in [-0.4, -0.2) is 17.4 Å². The van der Waals surface area contributed by atoms with Gasteiger partial charge in [-0.05, 0) is 23.3 Å². The molecule has 0 aliphatic rings. The standard InChI is InChI=1S/C14H11N3O2/c18-17(19)14-8-6-13(7-9-14)11-16-15-10-12-4-2-1-3-5-12/h1-11H. The summed E-state index contributed by atoms with van der Waals surface area (Å²) in [5.74, 6) is 0. The molecule has 19 heavy (non-hydrogen) atoms. The minimum absolute atomic E-state index is 0.0601. The summed E-state index contributed by atoms with van der Waals surface area (Å²) in [6.45, 7) is 0. The Morgan fingerprint density at radius 3 is 1.89 bits per heavy atom. The largest absolute Gasteiger partial charge is 0.269 e. The number of nitro groups is 1. The smallest absolute Gasteiger partial charge is 0.258 e. The van der Waals surface area contributed by atoms with Crippen LogP contribution in [0.15, 0.2) is 64.8 Å². The van der Waals surface area contributed by atoms with Crippen molar-refractivity contribution in [3.05, 3.63) is 75.8 Å². The minimum Gasteiger partial charge on any atom is -0.258 e. The van der Waals surface area contributed by atoms with Gasteiger partial charge >= 0.3 is 0 Å². The van der Waals surface area contributed by atoms with E-state index >= 15 is 0 Å². The van der Waals surface area contributed by atoms with Gasteiger partial charge in [0.1, 0.15) is 0 Å². The van der Waals surface area contributed by atoms with Crippen LogP contribution in [0.2, 0.25) is 0 Å². The highest BCUT2D eigenvalue weighted by Gasteiger charge is 2.02. The van der Waals surface area contributed by atoms with Crippen molar-refractivity contribution >= 4 is 18.1 Å². The number of benzene rings is 2. The molecule has 0 atom stereocenters. The van der Waals surface area contributed by atoms with Gasteiger partial charge in [-0.2, -0.15) is 10.2 Å². The lowest BCUT2D eigenvalue weighted by atomic mass is 10.2. The normalized spacial score (nSPS) is 11.2. The van der Waals surface area contributed by atoms with Crippen molar-refractivity contribution < 1.29 is 4.92 Å². The average Bonchev–Trinajstić information content (AvgIpc) is 2.45. The maximum absolute atomic E-state index is 10.5. The Kier molecular flexibility index (Phi) is 4.12. The van der Waals surface area contributed by atoms with Gasteiger partial charge in [0.25, 0.3) is 5.69 Å². The molecule has 0 radical (unpaired) electrons. The first-order valence-corrected chi connectivity index (χ1v) is 5.61. The molecule has 94 valence electrons. The molecule has 0 saturated carbocycles. The zero-order valence-electron chi connectivity index (χ0n) is 10.0. The van der Waals surface area contributed by atoms with Gasteiger partial charge in [0.05, 0.1) is 17.4 Å². The van der Waals surface area contributed by atoms with E-state index in [9.17, 15) is 10.1 Å². The van der Waals surface area contributed by atoms with E-state index in [1.54, 1.807) is 24.6 Å². The molecule has 0 heterocycles. The van der Waals surface area contributed by atoms with Crippen LogP contribution in [0, 0.1) is 10.1 Å². The molecule has 0 aliphatic carbocycles. The summed E-state index contributed by atoms with van der Waals surface area (Å²) >= 11 is 0. The Morgan fingerprint density at radius 2 is 1.37 bits per heavy atom. The van der Waals surface area contributed by atoms with Gasteiger partial charge in [-0.1, -0.05) is 30.3 Å². The van der Waals surface area contributed by atoms with Crippen molar-refractivity contribution in [3.8, 4) is 0 Å². The molecule has 0 N–H and O–H groups in total. The van der Waals surface area contributed by atoms with Crippen LogP contribution in [0.5, 0.6) is 0 Å². The maximum atomic E-state index is 10.5. The van der Waals surface area contributed by atoms with E-state index in [2.05, 4.69) is 10.2 Å². The maximum Gasteiger partial charge on any atom is 0.269 e. The van der Waals surface area contributed by atoms with Gasteiger partial charge in [0.2, 0.25) is 0 Å². The molecule has 2 rings (SSSR count). The van der Waals surface area contributed by atoms with Crippen LogP contribution in [0.3, 0.4) is 0 Å². The first kappa shape index (κ1) is 12.6. The van der Waals surface area contributed by atoms with Crippen LogP contribution in [0.1, 0.15) is 11.1 Å². The van der Waals surface area contributed by atoms with Crippen molar-refractivity contribution in [2.45, 2.75) is 0 Å². The molecule has 0 amide bonds. The highest BCUT2D eigenvalue weighted by molar-refractivity contribution is 5.82. The summed E-state index contributed by atoms with van der Waals surface area (Å²) in [5, 5.41) is 18.3. The van der Waals surface area contributed by atoms with Gasteiger partial charge < -0.3 is 0 Å². The summed E-state index contributed by atoms with van der Waals surface area (Å²) < 4.78 is 0. The Bertz CT molecular complexity index is 604. The molecular weight excluding hydrogens is 242 g/mol. The van der Waals surface area contributed by atoms with Crippen molar-refractivity contribution in [1.82, 2.24) is 0 Å². The lowest BCUT2D eigenvalue weighted by Gasteiger charge is -1.92. The summed E-state index contributed by atoms with van der Waals surface area (Å²) in [6, 6.07) is 15.7. The van der Waals surface area contributed by atoms with Gasteiger partial charge in [-0.25, -0.2) is 0 Å². The zero-order valence-corrected chi connectivity index (χ0v) is 10.0. The van der Waals surface area contributed by atoms with Crippen molar-refractivity contribution in [2.24, 2.45) is 10.2 Å². The average molecular weight is 253 g/mol. The fourth-order valence-corrected chi connectivity index (χ4v) is 1.42. The fourth-order valence-electron chi connectivity index (χ4n) is 1.42. The number of nitrogens with zero attached hydrogens (tertiary/aromatic N) is 3. The third-order valence-electron chi connectivity index (χ3n) is 2.38. The number of hydrogen-bond donors (Lipinski definition) is 0. The van der Waals surface area contributed by atoms with Gasteiger partial charge in [-0.3, -0.25) is 10.1 Å². The molecular formula is C14H11N3O2. The van der Waals surface area contributed by atoms with E-state index in [1.165, 1.54) is 12.1 Å². The third-order valence-corrected chi connectivity index (χ3v) is 2.38. The second-order valence-electron chi connectivity index (χ2n) is 3.75. The van der Waals surface area contributed by atoms with E-state index in [0.717, 1.165) is 11.1 Å². The quantitative estimate of drug-likeness (QED) is 0.477. The predicted octanol–water partition coefficient (Wildman–Crippen LogP) is 3.05. The summed E-state index contributed by atoms with van der Waals surface area (Å²) in [7, 11) is 0. The topological polar surface area (TPSA) is 67.9 Å². The fraction of sp³-hybridized carbons (Fsp3) is 0. The van der Waals surface area contributed by atoms with E-state index < -0.39 is 4.92 Å². The van der Waals surface area contributed by atoms with Crippen molar-refractivity contribution in [1.29, 1.82) is 0 Å². The summed E-state index contributed by atoms with van der Waals surface area (Å²) in [6.07, 6.45) is 3.19. The van der Waals surface area contributed by atoms with E-state index in [0.29, 0.717) is 0 Å². The Hall–Kier alpha value is -2.82. The SMILES string of the molecule is O=[N+]([O-])c1ccc(C=NN=Cc2ccccc2)cc1. The van der Waals surface area contributed by atoms with E-state index in [1.807, 2.05) is 30.3 Å². The molecule has 0 unspecified atom stereocenters. The van der Waals surface area contributed by atoms with Crippen LogP contribution in [-0.2, 0) is 0 Å². The molecule has 0 spiro atoms. The van der Waals surface area contributed by atoms with Crippen LogP contribution in [0.25, 0.3) is 0 Å². The van der Waals surface area contributed by atoms with E-state index in [-0.39, 0.29) is 5.69 Å². The van der Waals surface area contributed by atoms with Gasteiger partial charge in [0, 0.05) is 12.1 Å². The van der Waals surface area contributed by atoms with Crippen LogP contribution in [0.4, 0.5) is 5.69 Å². The summed E-state index contributed by atoms with van der Waals surface area (Å²) in [4.78, 5) is 10.0. The van der Waals surface area contributed by atoms with Gasteiger partial charge in [-0.15, -0.1) is 0 Å². The monoisotopic (exact) mass is 253 g/mol. The summed E-state index contributed by atoms with van der Waals surface area (Å²) in [5.41, 5.74) is 1.78. The molecule has 0 aliphatic heterocycles. The van der Waals surface area contributed by atoms with Gasteiger partial charge in [0.15, 0.2) is 0 Å². The zero-order chi connectivity index (χ0) is 13.5.